The molecule has 1 aliphatic rings. The number of amides is 2. The molecule has 0 bridgehead atoms. The minimum atomic E-state index is -1.11. The van der Waals surface area contributed by atoms with Crippen LogP contribution in [0.1, 0.15) is 26.3 Å². The van der Waals surface area contributed by atoms with E-state index in [9.17, 15) is 14.4 Å². The van der Waals surface area contributed by atoms with Gasteiger partial charge in [0.1, 0.15) is 17.5 Å². The van der Waals surface area contributed by atoms with Crippen LogP contribution in [0, 0.1) is 0 Å². The third-order valence-corrected chi connectivity index (χ3v) is 4.52. The Balaban J connectivity index is 1.98. The first-order chi connectivity index (χ1) is 13.0. The highest BCUT2D eigenvalue weighted by Crippen LogP contribution is 2.30. The van der Waals surface area contributed by atoms with Crippen LogP contribution in [0.2, 0.25) is 0 Å². The molecule has 0 fully saturated rings. The minimum absolute atomic E-state index is 0.0608. The van der Waals surface area contributed by atoms with Crippen molar-refractivity contribution in [2.24, 2.45) is 0 Å². The first kappa shape index (κ1) is 18.4. The molecule has 2 aromatic rings. The minimum Gasteiger partial charge on any atom is -0.497 e. The van der Waals surface area contributed by atoms with Crippen molar-refractivity contribution in [3.05, 3.63) is 59.2 Å². The summed E-state index contributed by atoms with van der Waals surface area (Å²) in [6.45, 7) is 0. The van der Waals surface area contributed by atoms with Gasteiger partial charge in [-0.15, -0.1) is 0 Å². The van der Waals surface area contributed by atoms with Gasteiger partial charge in [-0.3, -0.25) is 14.5 Å². The van der Waals surface area contributed by atoms with Crippen LogP contribution in [0.5, 0.6) is 11.5 Å². The van der Waals surface area contributed by atoms with Gasteiger partial charge in [0.05, 0.1) is 32.5 Å². The average Bonchev–Trinajstić information content (AvgIpc) is 2.96. The lowest BCUT2D eigenvalue weighted by Gasteiger charge is -2.24. The molecule has 0 radical (unpaired) electrons. The van der Waals surface area contributed by atoms with Crippen LogP contribution >= 0.6 is 0 Å². The highest BCUT2D eigenvalue weighted by atomic mass is 16.5. The monoisotopic (exact) mass is 369 g/mol. The van der Waals surface area contributed by atoms with E-state index in [0.717, 1.165) is 4.90 Å². The average molecular weight is 369 g/mol. The number of nitrogens with zero attached hydrogens (tertiary/aromatic N) is 1. The number of imide groups is 1. The molecule has 27 heavy (non-hydrogen) atoms. The van der Waals surface area contributed by atoms with Gasteiger partial charge >= 0.3 is 5.97 Å². The van der Waals surface area contributed by atoms with E-state index in [-0.39, 0.29) is 17.5 Å². The largest absolute Gasteiger partial charge is 0.497 e. The highest BCUT2D eigenvalue weighted by Gasteiger charge is 2.43. The quantitative estimate of drug-likeness (QED) is 0.573. The Morgan fingerprint density at radius 3 is 2.11 bits per heavy atom. The molecule has 2 amide bonds. The highest BCUT2D eigenvalue weighted by molar-refractivity contribution is 6.22. The summed E-state index contributed by atoms with van der Waals surface area (Å²) in [7, 11) is 4.25. The molecule has 0 saturated heterocycles. The van der Waals surface area contributed by atoms with Gasteiger partial charge in [-0.05, 0) is 23.8 Å². The number of esters is 1. The summed E-state index contributed by atoms with van der Waals surface area (Å²) in [6, 6.07) is 10.5. The second-order valence-corrected chi connectivity index (χ2v) is 5.95. The van der Waals surface area contributed by atoms with E-state index in [4.69, 9.17) is 14.2 Å². The maximum absolute atomic E-state index is 12.8. The predicted molar refractivity (Wildman–Crippen MR) is 96.0 cm³/mol. The predicted octanol–water partition coefficient (Wildman–Crippen LogP) is 2.08. The SMILES string of the molecule is COC(=O)C(Cc1ccc(OC)cc1OC)N1C(=O)c2ccccc2C1=O. The summed E-state index contributed by atoms with van der Waals surface area (Å²) < 4.78 is 15.4. The fraction of sp³-hybridized carbons (Fsp3) is 0.250. The number of carbonyl (C=O) groups excluding carboxylic acids is 3. The summed E-state index contributed by atoms with van der Waals surface area (Å²) in [5.74, 6) is -0.634. The first-order valence-electron chi connectivity index (χ1n) is 8.27. The van der Waals surface area contributed by atoms with Crippen LogP contribution in [0.3, 0.4) is 0 Å². The van der Waals surface area contributed by atoms with Crippen molar-refractivity contribution in [1.82, 2.24) is 4.90 Å². The van der Waals surface area contributed by atoms with Gasteiger partial charge in [-0.25, -0.2) is 4.79 Å². The molecule has 3 rings (SSSR count). The van der Waals surface area contributed by atoms with Crippen molar-refractivity contribution in [2.45, 2.75) is 12.5 Å². The van der Waals surface area contributed by atoms with Crippen molar-refractivity contribution in [2.75, 3.05) is 21.3 Å². The molecule has 0 spiro atoms. The lowest BCUT2D eigenvalue weighted by Crippen LogP contribution is -2.46. The number of fused-ring (bicyclic) bond motifs is 1. The van der Waals surface area contributed by atoms with E-state index in [1.165, 1.54) is 21.3 Å². The zero-order chi connectivity index (χ0) is 19.6. The first-order valence-corrected chi connectivity index (χ1v) is 8.27. The maximum atomic E-state index is 12.8. The van der Waals surface area contributed by atoms with Gasteiger partial charge in [0.2, 0.25) is 0 Å². The summed E-state index contributed by atoms with van der Waals surface area (Å²) in [5.41, 5.74) is 1.20. The molecule has 1 unspecified atom stereocenters. The molecule has 1 atom stereocenters. The van der Waals surface area contributed by atoms with Crippen LogP contribution in [-0.4, -0.2) is 50.1 Å². The van der Waals surface area contributed by atoms with Crippen LogP contribution in [0.15, 0.2) is 42.5 Å². The summed E-state index contributed by atoms with van der Waals surface area (Å²) >= 11 is 0. The van der Waals surface area contributed by atoms with E-state index >= 15 is 0 Å². The number of hydrogen-bond donors (Lipinski definition) is 0. The van der Waals surface area contributed by atoms with Gasteiger partial charge in [-0.2, -0.15) is 0 Å². The van der Waals surface area contributed by atoms with Gasteiger partial charge in [0.15, 0.2) is 0 Å². The van der Waals surface area contributed by atoms with E-state index in [1.807, 2.05) is 0 Å². The molecule has 2 aromatic carbocycles. The van der Waals surface area contributed by atoms with Gasteiger partial charge in [-0.1, -0.05) is 18.2 Å². The second-order valence-electron chi connectivity index (χ2n) is 5.95. The molecular formula is C20H19NO6. The molecular weight excluding hydrogens is 350 g/mol. The zero-order valence-corrected chi connectivity index (χ0v) is 15.2. The number of ether oxygens (including phenoxy) is 3. The Morgan fingerprint density at radius 2 is 1.59 bits per heavy atom. The van der Waals surface area contributed by atoms with Crippen LogP contribution in [0.25, 0.3) is 0 Å². The lowest BCUT2D eigenvalue weighted by molar-refractivity contribution is -0.145. The number of benzene rings is 2. The van der Waals surface area contributed by atoms with E-state index < -0.39 is 23.8 Å². The molecule has 0 aromatic heterocycles. The third-order valence-electron chi connectivity index (χ3n) is 4.52. The maximum Gasteiger partial charge on any atom is 0.329 e. The normalized spacial score (nSPS) is 14.0. The van der Waals surface area contributed by atoms with Gasteiger partial charge in [0.25, 0.3) is 11.8 Å². The Bertz CT molecular complexity index is 872. The van der Waals surface area contributed by atoms with Crippen molar-refractivity contribution < 1.29 is 28.6 Å². The molecule has 0 saturated carbocycles. The summed E-state index contributed by atoms with van der Waals surface area (Å²) in [5, 5.41) is 0. The Morgan fingerprint density at radius 1 is 0.963 bits per heavy atom. The standard InChI is InChI=1S/C20H19NO6/c1-25-13-9-8-12(17(11-13)26-2)10-16(20(24)27-3)21-18(22)14-6-4-5-7-15(14)19(21)23/h4-9,11,16H,10H2,1-3H3. The molecule has 7 heteroatoms. The Hall–Kier alpha value is -3.35. The van der Waals surface area contributed by atoms with Crippen molar-refractivity contribution >= 4 is 17.8 Å². The van der Waals surface area contributed by atoms with Crippen LogP contribution < -0.4 is 9.47 Å². The van der Waals surface area contributed by atoms with E-state index in [0.29, 0.717) is 17.1 Å². The van der Waals surface area contributed by atoms with Crippen LogP contribution in [0.4, 0.5) is 0 Å². The van der Waals surface area contributed by atoms with Crippen molar-refractivity contribution in [3.63, 3.8) is 0 Å². The molecule has 140 valence electrons. The summed E-state index contributed by atoms with van der Waals surface area (Å²) in [4.78, 5) is 38.9. The fourth-order valence-electron chi connectivity index (χ4n) is 3.14. The second kappa shape index (κ2) is 7.49. The van der Waals surface area contributed by atoms with E-state index in [1.54, 1.807) is 42.5 Å². The molecule has 1 aliphatic heterocycles. The fourth-order valence-corrected chi connectivity index (χ4v) is 3.14. The van der Waals surface area contributed by atoms with Gasteiger partial charge in [0, 0.05) is 12.5 Å². The lowest BCUT2D eigenvalue weighted by atomic mass is 10.0. The molecule has 1 heterocycles. The van der Waals surface area contributed by atoms with E-state index in [2.05, 4.69) is 0 Å². The van der Waals surface area contributed by atoms with Gasteiger partial charge < -0.3 is 14.2 Å². The zero-order valence-electron chi connectivity index (χ0n) is 15.2. The smallest absolute Gasteiger partial charge is 0.329 e. The topological polar surface area (TPSA) is 82.1 Å². The Kier molecular flexibility index (Phi) is 5.12. The van der Waals surface area contributed by atoms with Crippen molar-refractivity contribution in [1.29, 1.82) is 0 Å². The number of carbonyl (C=O) groups is 3. The molecule has 0 aliphatic carbocycles. The molecule has 0 N–H and O–H groups in total. The number of rotatable bonds is 6. The van der Waals surface area contributed by atoms with Crippen LogP contribution in [-0.2, 0) is 16.0 Å². The van der Waals surface area contributed by atoms with Crippen molar-refractivity contribution in [3.8, 4) is 11.5 Å². The number of methoxy groups -OCH3 is 3. The Labute approximate surface area is 156 Å². The summed E-state index contributed by atoms with van der Waals surface area (Å²) in [6.07, 6.45) is 0.0608. The number of hydrogen-bond acceptors (Lipinski definition) is 6. The molecule has 7 nitrogen and oxygen atoms in total. The third kappa shape index (κ3) is 3.23.